The Labute approximate surface area is 104 Å². The number of carbonyl (C=O) groups is 1. The molecule has 0 radical (unpaired) electrons. The molecule has 3 aliphatic rings. The van der Waals surface area contributed by atoms with E-state index >= 15 is 0 Å². The molecule has 3 heterocycles. The second-order valence-corrected chi connectivity index (χ2v) is 4.91. The van der Waals surface area contributed by atoms with E-state index in [-0.39, 0.29) is 17.4 Å². The zero-order valence-electron chi connectivity index (χ0n) is 10.1. The average Bonchev–Trinajstić information content (AvgIpc) is 2.68. The minimum absolute atomic E-state index is 0.0653. The van der Waals surface area contributed by atoms with Crippen molar-refractivity contribution in [1.29, 1.82) is 0 Å². The van der Waals surface area contributed by atoms with E-state index in [1.54, 1.807) is 19.3 Å². The summed E-state index contributed by atoms with van der Waals surface area (Å²) < 4.78 is 0. The average molecular weight is 246 g/mol. The van der Waals surface area contributed by atoms with Gasteiger partial charge in [-0.3, -0.25) is 9.79 Å². The van der Waals surface area contributed by atoms with Crippen molar-refractivity contribution in [2.75, 3.05) is 13.1 Å². The number of nitrogens with zero attached hydrogens (tertiary/aromatic N) is 3. The minimum Gasteiger partial charge on any atom is -0.382 e. The fraction of sp³-hybridized carbons (Fsp3) is 0.500. The lowest BCUT2D eigenvalue weighted by atomic mass is 9.78. The van der Waals surface area contributed by atoms with Gasteiger partial charge >= 0.3 is 0 Å². The van der Waals surface area contributed by atoms with Gasteiger partial charge in [0.05, 0.1) is 5.71 Å². The zero-order valence-corrected chi connectivity index (χ0v) is 10.1. The van der Waals surface area contributed by atoms with Gasteiger partial charge in [0.2, 0.25) is 5.78 Å². The summed E-state index contributed by atoms with van der Waals surface area (Å²) >= 11 is 0. The number of ketones is 1. The standard InChI is InChI=1S/C12H14N4O2/c1-12(18,7-4-14-5-7)11(17)10-8-6-13-3-2-9(8)15-16-10/h3,6-7,14,18H,2,4-5H2,1H3. The SMILES string of the molecule is CC(O)(C(=O)C1=NN=C2CC=NC=C21)C1CNC1. The fourth-order valence-corrected chi connectivity index (χ4v) is 2.19. The van der Waals surface area contributed by atoms with E-state index < -0.39 is 5.60 Å². The van der Waals surface area contributed by atoms with Crippen LogP contribution in [0.4, 0.5) is 0 Å². The first-order valence-electron chi connectivity index (χ1n) is 5.95. The highest BCUT2D eigenvalue weighted by Crippen LogP contribution is 2.26. The Balaban J connectivity index is 1.86. The number of aliphatic imine (C=N–C) groups is 1. The summed E-state index contributed by atoms with van der Waals surface area (Å²) in [6.45, 7) is 2.85. The maximum Gasteiger partial charge on any atom is 0.215 e. The van der Waals surface area contributed by atoms with Crippen molar-refractivity contribution in [2.45, 2.75) is 18.9 Å². The van der Waals surface area contributed by atoms with Crippen molar-refractivity contribution in [3.05, 3.63) is 11.8 Å². The molecule has 2 N–H and O–H groups in total. The molecule has 1 atom stereocenters. The van der Waals surface area contributed by atoms with Crippen LogP contribution in [0.1, 0.15) is 13.3 Å². The van der Waals surface area contributed by atoms with Gasteiger partial charge in [0.15, 0.2) is 0 Å². The molecule has 0 amide bonds. The molecule has 6 heteroatoms. The van der Waals surface area contributed by atoms with Gasteiger partial charge in [-0.25, -0.2) is 0 Å². The molecule has 1 unspecified atom stereocenters. The summed E-state index contributed by atoms with van der Waals surface area (Å²) in [4.78, 5) is 16.4. The number of allylic oxidation sites excluding steroid dienone is 1. The Kier molecular flexibility index (Phi) is 2.49. The molecular weight excluding hydrogens is 232 g/mol. The predicted molar refractivity (Wildman–Crippen MR) is 68.1 cm³/mol. The lowest BCUT2D eigenvalue weighted by Crippen LogP contribution is -2.59. The maximum atomic E-state index is 12.4. The smallest absolute Gasteiger partial charge is 0.215 e. The number of Topliss-reactive ketones (excluding diaryl/α,β-unsaturated/α-hetero) is 1. The van der Waals surface area contributed by atoms with Crippen LogP contribution in [0.3, 0.4) is 0 Å². The first-order chi connectivity index (χ1) is 8.60. The van der Waals surface area contributed by atoms with Crippen LogP contribution in [0.5, 0.6) is 0 Å². The van der Waals surface area contributed by atoms with Crippen molar-refractivity contribution in [1.82, 2.24) is 5.32 Å². The van der Waals surface area contributed by atoms with Crippen LogP contribution in [0, 0.1) is 5.92 Å². The molecule has 0 aromatic carbocycles. The highest BCUT2D eigenvalue weighted by molar-refractivity contribution is 6.56. The highest BCUT2D eigenvalue weighted by atomic mass is 16.3. The third-order valence-electron chi connectivity index (χ3n) is 3.68. The minimum atomic E-state index is -1.39. The molecule has 3 aliphatic heterocycles. The highest BCUT2D eigenvalue weighted by Gasteiger charge is 2.46. The van der Waals surface area contributed by atoms with Crippen molar-refractivity contribution in [3.63, 3.8) is 0 Å². The normalized spacial score (nSPS) is 25.6. The second-order valence-electron chi connectivity index (χ2n) is 4.91. The molecule has 6 nitrogen and oxygen atoms in total. The monoisotopic (exact) mass is 246 g/mol. The van der Waals surface area contributed by atoms with Gasteiger partial charge in [-0.2, -0.15) is 5.10 Å². The van der Waals surface area contributed by atoms with Crippen LogP contribution < -0.4 is 5.32 Å². The molecule has 3 rings (SSSR count). The topological polar surface area (TPSA) is 86.4 Å². The zero-order chi connectivity index (χ0) is 12.8. The van der Waals surface area contributed by atoms with E-state index in [1.165, 1.54) is 0 Å². The predicted octanol–water partition coefficient (Wildman–Crippen LogP) is -0.305. The molecule has 1 saturated heterocycles. The lowest BCUT2D eigenvalue weighted by Gasteiger charge is -2.38. The Morgan fingerprint density at radius 3 is 2.94 bits per heavy atom. The number of fused-ring (bicyclic) bond motifs is 1. The van der Waals surface area contributed by atoms with Gasteiger partial charge in [-0.05, 0) is 6.92 Å². The van der Waals surface area contributed by atoms with E-state index in [4.69, 9.17) is 0 Å². The maximum absolute atomic E-state index is 12.4. The summed E-state index contributed by atoms with van der Waals surface area (Å²) in [5, 5.41) is 21.3. The van der Waals surface area contributed by atoms with Crippen LogP contribution in [-0.4, -0.2) is 47.2 Å². The first-order valence-corrected chi connectivity index (χ1v) is 5.95. The summed E-state index contributed by atoms with van der Waals surface area (Å²) in [5.74, 6) is -0.430. The third-order valence-corrected chi connectivity index (χ3v) is 3.68. The lowest BCUT2D eigenvalue weighted by molar-refractivity contribution is -0.135. The molecule has 0 spiro atoms. The second kappa shape index (κ2) is 3.93. The third kappa shape index (κ3) is 1.57. The van der Waals surface area contributed by atoms with Gasteiger partial charge in [-0.15, -0.1) is 5.10 Å². The Morgan fingerprint density at radius 2 is 2.28 bits per heavy atom. The Bertz CT molecular complexity index is 524. The van der Waals surface area contributed by atoms with Crippen LogP contribution in [0.15, 0.2) is 27.0 Å². The van der Waals surface area contributed by atoms with E-state index in [9.17, 15) is 9.90 Å². The molecule has 0 bridgehead atoms. The quantitative estimate of drug-likeness (QED) is 0.716. The summed E-state index contributed by atoms with van der Waals surface area (Å²) in [6, 6.07) is 0. The molecular formula is C12H14N4O2. The van der Waals surface area contributed by atoms with E-state index in [1.807, 2.05) is 0 Å². The number of nitrogens with one attached hydrogen (secondary N) is 1. The van der Waals surface area contributed by atoms with Crippen LogP contribution in [-0.2, 0) is 4.79 Å². The molecule has 0 aromatic rings. The van der Waals surface area contributed by atoms with E-state index in [2.05, 4.69) is 20.5 Å². The van der Waals surface area contributed by atoms with Gasteiger partial charge in [0.1, 0.15) is 11.3 Å². The number of hydrogen-bond acceptors (Lipinski definition) is 6. The Morgan fingerprint density at radius 1 is 1.50 bits per heavy atom. The summed E-state index contributed by atoms with van der Waals surface area (Å²) in [6.07, 6.45) is 3.89. The van der Waals surface area contributed by atoms with Crippen molar-refractivity contribution < 1.29 is 9.90 Å². The molecule has 18 heavy (non-hydrogen) atoms. The van der Waals surface area contributed by atoms with Crippen molar-refractivity contribution in [2.24, 2.45) is 21.1 Å². The van der Waals surface area contributed by atoms with Crippen molar-refractivity contribution >= 4 is 23.4 Å². The van der Waals surface area contributed by atoms with E-state index in [0.29, 0.717) is 25.1 Å². The summed E-state index contributed by atoms with van der Waals surface area (Å²) in [5.41, 5.74) is 0.238. The van der Waals surface area contributed by atoms with Gasteiger partial charge in [0, 0.05) is 43.4 Å². The fourth-order valence-electron chi connectivity index (χ4n) is 2.19. The van der Waals surface area contributed by atoms with Gasteiger partial charge < -0.3 is 10.4 Å². The number of hydrogen-bond donors (Lipinski definition) is 2. The first kappa shape index (κ1) is 11.4. The van der Waals surface area contributed by atoms with Gasteiger partial charge in [0.25, 0.3) is 0 Å². The molecule has 1 fully saturated rings. The number of rotatable bonds is 3. The number of aliphatic hydroxyl groups is 1. The molecule has 0 saturated carbocycles. The summed E-state index contributed by atoms with van der Waals surface area (Å²) in [7, 11) is 0. The molecule has 94 valence electrons. The van der Waals surface area contributed by atoms with Crippen LogP contribution >= 0.6 is 0 Å². The van der Waals surface area contributed by atoms with Gasteiger partial charge in [-0.1, -0.05) is 0 Å². The van der Waals surface area contributed by atoms with Crippen LogP contribution in [0.2, 0.25) is 0 Å². The molecule has 0 aliphatic carbocycles. The van der Waals surface area contributed by atoms with Crippen LogP contribution in [0.25, 0.3) is 0 Å². The van der Waals surface area contributed by atoms with E-state index in [0.717, 1.165) is 5.71 Å². The largest absolute Gasteiger partial charge is 0.382 e. The number of carbonyl (C=O) groups excluding carboxylic acids is 1. The Hall–Kier alpha value is -1.66. The molecule has 0 aromatic heterocycles. The van der Waals surface area contributed by atoms with Crippen molar-refractivity contribution in [3.8, 4) is 0 Å².